The summed E-state index contributed by atoms with van der Waals surface area (Å²) in [6, 6.07) is 7.53. The number of sulfonamides is 1. The van der Waals surface area contributed by atoms with Crippen molar-refractivity contribution >= 4 is 40.8 Å². The van der Waals surface area contributed by atoms with Crippen molar-refractivity contribution in [1.29, 1.82) is 0 Å². The van der Waals surface area contributed by atoms with Gasteiger partial charge in [0.25, 0.3) is 0 Å². The monoisotopic (exact) mass is 657 g/mol. The lowest BCUT2D eigenvalue weighted by Crippen LogP contribution is -2.45. The minimum atomic E-state index is -3.86. The fourth-order valence-electron chi connectivity index (χ4n) is 5.81. The molecule has 0 saturated heterocycles. The standard InChI is InChI=1S/C29H43N7O4S.2ClH/c1-3-17-34(18-4-2)24-7-9-25(10-8-24)35(22-29(37)38)19-23-5-11-26(12-6-23)41(39,40)36(20-27-30-13-14-31-27)21-28-32-15-16-33-28;;/h5-6,11-16,24-25H,3-4,7-10,17-22H2,1-2H3,(H,30,31)(H,32,33)(H,37,38);2*1H. The van der Waals surface area contributed by atoms with E-state index in [-0.39, 0.29) is 55.4 Å². The molecule has 0 radical (unpaired) electrons. The second kappa shape index (κ2) is 17.7. The number of imidazole rings is 2. The molecular formula is C29H45Cl2N7O4S. The van der Waals surface area contributed by atoms with Crippen LogP contribution in [-0.2, 0) is 34.5 Å². The van der Waals surface area contributed by atoms with E-state index in [4.69, 9.17) is 0 Å². The van der Waals surface area contributed by atoms with Crippen molar-refractivity contribution in [2.75, 3.05) is 19.6 Å². The van der Waals surface area contributed by atoms with Gasteiger partial charge in [-0.2, -0.15) is 4.31 Å². The molecule has 1 fully saturated rings. The van der Waals surface area contributed by atoms with Gasteiger partial charge in [0.15, 0.2) is 0 Å². The van der Waals surface area contributed by atoms with E-state index in [9.17, 15) is 18.3 Å². The minimum Gasteiger partial charge on any atom is -0.480 e. The summed E-state index contributed by atoms with van der Waals surface area (Å²) < 4.78 is 28.6. The third kappa shape index (κ3) is 10.3. The van der Waals surface area contributed by atoms with Gasteiger partial charge in [-0.1, -0.05) is 26.0 Å². The SMILES string of the molecule is CCCN(CCC)C1CCC(N(CC(=O)O)Cc2ccc(S(=O)(=O)N(Cc3ncc[nH]3)Cc3ncc[nH]3)cc2)CC1.Cl.Cl. The molecule has 1 saturated carbocycles. The number of hydrogen-bond acceptors (Lipinski definition) is 7. The number of aliphatic carboxylic acids is 1. The number of benzene rings is 1. The van der Waals surface area contributed by atoms with Crippen molar-refractivity contribution < 1.29 is 18.3 Å². The molecule has 1 aliphatic carbocycles. The molecule has 0 atom stereocenters. The van der Waals surface area contributed by atoms with E-state index in [2.05, 4.69) is 38.7 Å². The molecule has 0 aliphatic heterocycles. The van der Waals surface area contributed by atoms with Crippen LogP contribution in [0.15, 0.2) is 53.9 Å². The van der Waals surface area contributed by atoms with Crippen LogP contribution < -0.4 is 0 Å². The van der Waals surface area contributed by atoms with Crippen LogP contribution in [-0.4, -0.2) is 85.3 Å². The van der Waals surface area contributed by atoms with Crippen molar-refractivity contribution in [1.82, 2.24) is 34.0 Å². The maximum Gasteiger partial charge on any atom is 0.317 e. The number of H-pyrrole nitrogens is 2. The highest BCUT2D eigenvalue weighted by Gasteiger charge is 2.30. The largest absolute Gasteiger partial charge is 0.480 e. The van der Waals surface area contributed by atoms with E-state index in [1.165, 1.54) is 4.31 Å². The molecule has 1 aliphatic rings. The summed E-state index contributed by atoms with van der Waals surface area (Å²) in [4.78, 5) is 30.9. The number of hydrogen-bond donors (Lipinski definition) is 3. The number of carboxylic acids is 1. The van der Waals surface area contributed by atoms with Gasteiger partial charge in [0, 0.05) is 43.4 Å². The Morgan fingerprint density at radius 3 is 1.74 bits per heavy atom. The zero-order valence-corrected chi connectivity index (χ0v) is 27.3. The summed E-state index contributed by atoms with van der Waals surface area (Å²) in [5.74, 6) is 0.211. The highest BCUT2D eigenvalue weighted by molar-refractivity contribution is 7.89. The normalized spacial score (nSPS) is 17.1. The molecule has 0 unspecified atom stereocenters. The Hall–Kier alpha value is -2.48. The molecule has 11 nitrogen and oxygen atoms in total. The Bertz CT molecular complexity index is 1260. The molecular weight excluding hydrogens is 613 g/mol. The maximum atomic E-state index is 13.6. The number of nitrogens with one attached hydrogen (secondary N) is 2. The van der Waals surface area contributed by atoms with Crippen LogP contribution >= 0.6 is 24.8 Å². The van der Waals surface area contributed by atoms with Crippen LogP contribution in [0.4, 0.5) is 0 Å². The molecule has 240 valence electrons. The number of carboxylic acid groups (broad SMARTS) is 1. The van der Waals surface area contributed by atoms with Crippen molar-refractivity contribution in [2.45, 2.75) is 89.0 Å². The topological polar surface area (TPSA) is 139 Å². The molecule has 43 heavy (non-hydrogen) atoms. The highest BCUT2D eigenvalue weighted by Crippen LogP contribution is 2.28. The fourth-order valence-corrected chi connectivity index (χ4v) is 7.17. The Morgan fingerprint density at radius 2 is 1.33 bits per heavy atom. The van der Waals surface area contributed by atoms with E-state index in [1.54, 1.807) is 49.1 Å². The molecule has 2 heterocycles. The van der Waals surface area contributed by atoms with E-state index in [0.29, 0.717) is 24.2 Å². The van der Waals surface area contributed by atoms with Crippen molar-refractivity contribution in [2.24, 2.45) is 0 Å². The first kappa shape index (κ1) is 36.7. The predicted octanol–water partition coefficient (Wildman–Crippen LogP) is 4.69. The van der Waals surface area contributed by atoms with E-state index >= 15 is 0 Å². The van der Waals surface area contributed by atoms with Gasteiger partial charge in [0.2, 0.25) is 10.0 Å². The summed E-state index contributed by atoms with van der Waals surface area (Å²) >= 11 is 0. The predicted molar refractivity (Wildman–Crippen MR) is 171 cm³/mol. The zero-order chi connectivity index (χ0) is 29.2. The lowest BCUT2D eigenvalue weighted by molar-refractivity contribution is -0.139. The number of aromatic amines is 2. The minimum absolute atomic E-state index is 0. The summed E-state index contributed by atoms with van der Waals surface area (Å²) in [5.41, 5.74) is 0.884. The highest BCUT2D eigenvalue weighted by atomic mass is 35.5. The first-order chi connectivity index (χ1) is 19.8. The molecule has 14 heteroatoms. The Morgan fingerprint density at radius 1 is 0.837 bits per heavy atom. The summed E-state index contributed by atoms with van der Waals surface area (Å²) in [6.45, 7) is 7.21. The van der Waals surface area contributed by atoms with Crippen LogP contribution in [0.3, 0.4) is 0 Å². The molecule has 0 amide bonds. The quantitative estimate of drug-likeness (QED) is 0.202. The Labute approximate surface area is 267 Å². The molecule has 2 aromatic heterocycles. The number of aromatic nitrogens is 4. The first-order valence-electron chi connectivity index (χ1n) is 14.6. The average Bonchev–Trinajstić information content (AvgIpc) is 3.67. The van der Waals surface area contributed by atoms with Gasteiger partial charge in [-0.15, -0.1) is 24.8 Å². The van der Waals surface area contributed by atoms with Crippen LogP contribution in [0.2, 0.25) is 0 Å². The zero-order valence-electron chi connectivity index (χ0n) is 24.9. The Kier molecular flexibility index (Phi) is 15.1. The maximum absolute atomic E-state index is 13.6. The van der Waals surface area contributed by atoms with Crippen LogP contribution in [0.25, 0.3) is 0 Å². The number of rotatable bonds is 16. The number of halogens is 2. The van der Waals surface area contributed by atoms with Crippen LogP contribution in [0, 0.1) is 0 Å². The third-order valence-electron chi connectivity index (χ3n) is 7.77. The lowest BCUT2D eigenvalue weighted by Gasteiger charge is -2.40. The number of nitrogens with zero attached hydrogens (tertiary/aromatic N) is 5. The molecule has 3 aromatic rings. The van der Waals surface area contributed by atoms with Crippen LogP contribution in [0.1, 0.15) is 69.6 Å². The number of carbonyl (C=O) groups is 1. The van der Waals surface area contributed by atoms with Gasteiger partial charge >= 0.3 is 5.97 Å². The summed E-state index contributed by atoms with van der Waals surface area (Å²) in [5, 5.41) is 9.65. The average molecular weight is 659 g/mol. The van der Waals surface area contributed by atoms with Gasteiger partial charge in [-0.05, 0) is 69.3 Å². The van der Waals surface area contributed by atoms with Crippen molar-refractivity contribution in [3.63, 3.8) is 0 Å². The van der Waals surface area contributed by atoms with Crippen molar-refractivity contribution in [3.05, 3.63) is 66.3 Å². The van der Waals surface area contributed by atoms with E-state index in [0.717, 1.165) is 57.2 Å². The summed E-state index contributed by atoms with van der Waals surface area (Å²) in [7, 11) is -3.86. The van der Waals surface area contributed by atoms with Gasteiger partial charge in [-0.3, -0.25) is 9.69 Å². The van der Waals surface area contributed by atoms with Gasteiger partial charge < -0.3 is 20.0 Å². The van der Waals surface area contributed by atoms with E-state index in [1.807, 2.05) is 4.90 Å². The van der Waals surface area contributed by atoms with Crippen molar-refractivity contribution in [3.8, 4) is 0 Å². The van der Waals surface area contributed by atoms with E-state index < -0.39 is 16.0 Å². The van der Waals surface area contributed by atoms with Gasteiger partial charge in [0.1, 0.15) is 11.6 Å². The van der Waals surface area contributed by atoms with Crippen LogP contribution in [0.5, 0.6) is 0 Å². The first-order valence-corrected chi connectivity index (χ1v) is 16.0. The third-order valence-corrected chi connectivity index (χ3v) is 9.57. The molecule has 0 bridgehead atoms. The van der Waals surface area contributed by atoms with Gasteiger partial charge in [-0.25, -0.2) is 18.4 Å². The van der Waals surface area contributed by atoms with Gasteiger partial charge in [0.05, 0.1) is 24.5 Å². The molecule has 4 rings (SSSR count). The summed E-state index contributed by atoms with van der Waals surface area (Å²) in [6.07, 6.45) is 12.8. The Balaban J connectivity index is 0.00000323. The molecule has 0 spiro atoms. The lowest BCUT2D eigenvalue weighted by atomic mass is 9.88. The molecule has 3 N–H and O–H groups in total. The molecule has 1 aromatic carbocycles. The second-order valence-electron chi connectivity index (χ2n) is 10.8. The second-order valence-corrected chi connectivity index (χ2v) is 12.7. The smallest absolute Gasteiger partial charge is 0.317 e. The fraction of sp³-hybridized carbons (Fsp3) is 0.552.